The van der Waals surface area contributed by atoms with Gasteiger partial charge in [0.05, 0.1) is 11.0 Å². The minimum atomic E-state index is 0.704. The van der Waals surface area contributed by atoms with Gasteiger partial charge in [0, 0.05) is 27.3 Å². The lowest BCUT2D eigenvalue weighted by atomic mass is 10.2. The van der Waals surface area contributed by atoms with Crippen LogP contribution >= 0.6 is 27.5 Å². The van der Waals surface area contributed by atoms with E-state index in [1.54, 1.807) is 0 Å². The monoisotopic (exact) mass is 349 g/mol. The van der Waals surface area contributed by atoms with E-state index in [1.807, 2.05) is 36.4 Å². The number of nitrogens with zero attached hydrogens (tertiary/aromatic N) is 2. The van der Waals surface area contributed by atoms with Gasteiger partial charge >= 0.3 is 0 Å². The van der Waals surface area contributed by atoms with Crippen LogP contribution in [0.2, 0.25) is 5.02 Å². The molecular weight excluding hydrogens is 338 g/mol. The Morgan fingerprint density at radius 1 is 1.25 bits per heavy atom. The second kappa shape index (κ2) is 5.11. The third-order valence-electron chi connectivity index (χ3n) is 3.28. The van der Waals surface area contributed by atoms with Gasteiger partial charge < -0.3 is 10.3 Å². The lowest BCUT2D eigenvalue weighted by molar-refractivity contribution is 0.796. The molecule has 0 aliphatic carbocycles. The van der Waals surface area contributed by atoms with E-state index >= 15 is 0 Å². The van der Waals surface area contributed by atoms with Crippen molar-refractivity contribution in [3.05, 3.63) is 45.9 Å². The molecule has 0 atom stereocenters. The molecule has 102 valence electrons. The number of hydrogen-bond acceptors (Lipinski definition) is 2. The number of aryl methyl sites for hydroxylation is 1. The van der Waals surface area contributed by atoms with Crippen LogP contribution in [0.5, 0.6) is 0 Å². The molecule has 5 heteroatoms. The largest absolute Gasteiger partial charge is 0.398 e. The fraction of sp³-hybridized carbons (Fsp3) is 0.133. The van der Waals surface area contributed by atoms with Crippen LogP contribution in [0, 0.1) is 0 Å². The number of benzene rings is 2. The zero-order valence-corrected chi connectivity index (χ0v) is 13.2. The fourth-order valence-corrected chi connectivity index (χ4v) is 2.73. The molecule has 0 fully saturated rings. The molecule has 3 nitrogen and oxygen atoms in total. The molecule has 0 saturated carbocycles. The first kappa shape index (κ1) is 13.5. The van der Waals surface area contributed by atoms with Crippen molar-refractivity contribution < 1.29 is 0 Å². The smallest absolute Gasteiger partial charge is 0.141 e. The van der Waals surface area contributed by atoms with Gasteiger partial charge in [-0.1, -0.05) is 11.6 Å². The third-order valence-corrected chi connectivity index (χ3v) is 4.24. The fourth-order valence-electron chi connectivity index (χ4n) is 2.32. The Balaban J connectivity index is 2.27. The van der Waals surface area contributed by atoms with E-state index in [0.717, 1.165) is 33.4 Å². The Morgan fingerprint density at radius 3 is 2.75 bits per heavy atom. The van der Waals surface area contributed by atoms with E-state index in [4.69, 9.17) is 22.3 Å². The summed E-state index contributed by atoms with van der Waals surface area (Å²) in [4.78, 5) is 4.70. The topological polar surface area (TPSA) is 43.8 Å². The SMILES string of the molecule is CCn1c(-c2ccc(Br)c(N)c2)nc2ccc(Cl)cc21. The highest BCUT2D eigenvalue weighted by Crippen LogP contribution is 2.30. The van der Waals surface area contributed by atoms with Crippen LogP contribution in [-0.4, -0.2) is 9.55 Å². The maximum absolute atomic E-state index is 6.08. The van der Waals surface area contributed by atoms with Crippen LogP contribution in [0.1, 0.15) is 6.92 Å². The minimum absolute atomic E-state index is 0.704. The molecule has 0 aliphatic heterocycles. The van der Waals surface area contributed by atoms with Gasteiger partial charge in [-0.15, -0.1) is 0 Å². The van der Waals surface area contributed by atoms with E-state index in [1.165, 1.54) is 0 Å². The molecule has 0 unspecified atom stereocenters. The van der Waals surface area contributed by atoms with Crippen molar-refractivity contribution in [1.82, 2.24) is 9.55 Å². The van der Waals surface area contributed by atoms with Gasteiger partial charge in [-0.05, 0) is 59.3 Å². The van der Waals surface area contributed by atoms with E-state index in [9.17, 15) is 0 Å². The highest BCUT2D eigenvalue weighted by Gasteiger charge is 2.12. The first-order valence-corrected chi connectivity index (χ1v) is 7.48. The summed E-state index contributed by atoms with van der Waals surface area (Å²) in [5.41, 5.74) is 9.64. The highest BCUT2D eigenvalue weighted by atomic mass is 79.9. The number of hydrogen-bond donors (Lipinski definition) is 1. The summed E-state index contributed by atoms with van der Waals surface area (Å²) >= 11 is 9.49. The predicted molar refractivity (Wildman–Crippen MR) is 88.0 cm³/mol. The van der Waals surface area contributed by atoms with Gasteiger partial charge in [-0.2, -0.15) is 0 Å². The number of aromatic nitrogens is 2. The second-order valence-electron chi connectivity index (χ2n) is 4.55. The molecule has 2 aromatic carbocycles. The van der Waals surface area contributed by atoms with Gasteiger partial charge in [-0.25, -0.2) is 4.98 Å². The number of rotatable bonds is 2. The van der Waals surface area contributed by atoms with Gasteiger partial charge in [0.1, 0.15) is 5.82 Å². The molecular formula is C15H13BrClN3. The van der Waals surface area contributed by atoms with Crippen molar-refractivity contribution in [2.24, 2.45) is 0 Å². The van der Waals surface area contributed by atoms with Crippen molar-refractivity contribution in [1.29, 1.82) is 0 Å². The van der Waals surface area contributed by atoms with E-state index in [0.29, 0.717) is 10.7 Å². The van der Waals surface area contributed by atoms with Crippen LogP contribution < -0.4 is 5.73 Å². The molecule has 0 aliphatic rings. The Labute approximate surface area is 130 Å². The molecule has 3 rings (SSSR count). The van der Waals surface area contributed by atoms with Crippen molar-refractivity contribution in [3.63, 3.8) is 0 Å². The quantitative estimate of drug-likeness (QED) is 0.680. The standard InChI is InChI=1S/C15H13BrClN3/c1-2-20-14-8-10(17)4-6-13(14)19-15(20)9-3-5-11(16)12(18)7-9/h3-8H,2,18H2,1H3. The Morgan fingerprint density at radius 2 is 2.05 bits per heavy atom. The minimum Gasteiger partial charge on any atom is -0.398 e. The zero-order valence-electron chi connectivity index (χ0n) is 10.9. The maximum atomic E-state index is 6.08. The molecule has 1 aromatic heterocycles. The van der Waals surface area contributed by atoms with Gasteiger partial charge in [0.2, 0.25) is 0 Å². The molecule has 0 spiro atoms. The maximum Gasteiger partial charge on any atom is 0.141 e. The van der Waals surface area contributed by atoms with Crippen molar-refractivity contribution >= 4 is 44.3 Å². The molecule has 1 heterocycles. The number of imidazole rings is 1. The number of halogens is 2. The highest BCUT2D eigenvalue weighted by molar-refractivity contribution is 9.10. The number of anilines is 1. The van der Waals surface area contributed by atoms with Crippen molar-refractivity contribution in [3.8, 4) is 11.4 Å². The summed E-state index contributed by atoms with van der Waals surface area (Å²) in [6.07, 6.45) is 0. The van der Waals surface area contributed by atoms with Crippen LogP contribution in [0.4, 0.5) is 5.69 Å². The lowest BCUT2D eigenvalue weighted by Crippen LogP contribution is -1.98. The Kier molecular flexibility index (Phi) is 3.44. The summed E-state index contributed by atoms with van der Waals surface area (Å²) < 4.78 is 3.03. The normalized spacial score (nSPS) is 11.2. The van der Waals surface area contributed by atoms with Gasteiger partial charge in [-0.3, -0.25) is 0 Å². The molecule has 0 bridgehead atoms. The van der Waals surface area contributed by atoms with Crippen LogP contribution in [0.25, 0.3) is 22.4 Å². The number of fused-ring (bicyclic) bond motifs is 1. The van der Waals surface area contributed by atoms with E-state index in [-0.39, 0.29) is 0 Å². The number of nitrogens with two attached hydrogens (primary N) is 1. The molecule has 0 saturated heterocycles. The molecule has 2 N–H and O–H groups in total. The number of nitrogen functional groups attached to an aromatic ring is 1. The summed E-state index contributed by atoms with van der Waals surface area (Å²) in [7, 11) is 0. The Bertz CT molecular complexity index is 795. The molecule has 20 heavy (non-hydrogen) atoms. The van der Waals surface area contributed by atoms with Gasteiger partial charge in [0.25, 0.3) is 0 Å². The van der Waals surface area contributed by atoms with Crippen LogP contribution in [0.15, 0.2) is 40.9 Å². The average Bonchev–Trinajstić information content (AvgIpc) is 2.79. The van der Waals surface area contributed by atoms with Crippen LogP contribution in [0.3, 0.4) is 0 Å². The van der Waals surface area contributed by atoms with Crippen molar-refractivity contribution in [2.75, 3.05) is 5.73 Å². The summed E-state index contributed by atoms with van der Waals surface area (Å²) in [5, 5.41) is 0.717. The summed E-state index contributed by atoms with van der Waals surface area (Å²) in [6, 6.07) is 11.6. The molecule has 3 aromatic rings. The summed E-state index contributed by atoms with van der Waals surface area (Å²) in [5.74, 6) is 0.906. The zero-order chi connectivity index (χ0) is 14.3. The predicted octanol–water partition coefficient (Wildman–Crippen LogP) is 4.72. The first-order valence-electron chi connectivity index (χ1n) is 6.31. The Hall–Kier alpha value is -1.52. The first-order chi connectivity index (χ1) is 9.60. The van der Waals surface area contributed by atoms with Gasteiger partial charge in [0.15, 0.2) is 0 Å². The second-order valence-corrected chi connectivity index (χ2v) is 5.84. The average molecular weight is 351 g/mol. The summed E-state index contributed by atoms with van der Waals surface area (Å²) in [6.45, 7) is 2.91. The molecule has 0 radical (unpaired) electrons. The van der Waals surface area contributed by atoms with E-state index < -0.39 is 0 Å². The van der Waals surface area contributed by atoms with E-state index in [2.05, 4.69) is 27.4 Å². The van der Waals surface area contributed by atoms with Crippen molar-refractivity contribution in [2.45, 2.75) is 13.5 Å². The molecule has 0 amide bonds. The third kappa shape index (κ3) is 2.19. The van der Waals surface area contributed by atoms with Crippen LogP contribution in [-0.2, 0) is 6.54 Å². The lowest BCUT2D eigenvalue weighted by Gasteiger charge is -2.07.